The van der Waals surface area contributed by atoms with Gasteiger partial charge in [-0.1, -0.05) is 33.8 Å². The van der Waals surface area contributed by atoms with Crippen molar-refractivity contribution in [3.8, 4) is 0 Å². The van der Waals surface area contributed by atoms with E-state index in [2.05, 4.69) is 27.4 Å². The van der Waals surface area contributed by atoms with Gasteiger partial charge in [0.05, 0.1) is 11.9 Å². The Hall–Kier alpha value is -2.66. The number of carboxylic acids is 1. The van der Waals surface area contributed by atoms with Crippen molar-refractivity contribution in [1.82, 2.24) is 0 Å². The molecule has 45 heavy (non-hydrogen) atoms. The van der Waals surface area contributed by atoms with Gasteiger partial charge in [0.2, 0.25) is 0 Å². The fourth-order valence-corrected chi connectivity index (χ4v) is 10.5. The summed E-state index contributed by atoms with van der Waals surface area (Å²) < 4.78 is 6.38. The van der Waals surface area contributed by atoms with Crippen molar-refractivity contribution >= 4 is 40.9 Å². The maximum absolute atomic E-state index is 13.6. The molecular weight excluding hydrogens is 596 g/mol. The molecule has 0 aromatic heterocycles. The van der Waals surface area contributed by atoms with E-state index in [0.29, 0.717) is 25.9 Å². The zero-order valence-corrected chi connectivity index (χ0v) is 28.0. The fourth-order valence-electron chi connectivity index (χ4n) is 9.45. The van der Waals surface area contributed by atoms with Gasteiger partial charge < -0.3 is 24.7 Å². The smallest absolute Gasteiger partial charge is 0.323 e. The minimum absolute atomic E-state index is 0.0000267. The number of ether oxygens (including phenoxy) is 1. The SMILES string of the molecule is C=C[C@]1(C)C[C@@H](OC(=O)CSC2CCCN(c3c(N(C)CC(=O)O)c(=O)c3=O)C2)[C@]2(C)[C@H](C)CC[C@]3(CCC(=O)[C@H]32)[C@@H](C)[C@@H]1O. The first-order valence-corrected chi connectivity index (χ1v) is 17.3. The molecule has 10 nitrogen and oxygen atoms in total. The Morgan fingerprint density at radius 2 is 1.87 bits per heavy atom. The monoisotopic (exact) mass is 644 g/mol. The lowest BCUT2D eigenvalue weighted by Gasteiger charge is -2.61. The number of piperidine rings is 1. The minimum atomic E-state index is -1.09. The summed E-state index contributed by atoms with van der Waals surface area (Å²) in [6, 6.07) is 0. The molecule has 1 saturated heterocycles. The van der Waals surface area contributed by atoms with Gasteiger partial charge in [0.25, 0.3) is 10.9 Å². The van der Waals surface area contributed by atoms with Gasteiger partial charge >= 0.3 is 11.9 Å². The lowest BCUT2D eigenvalue weighted by Crippen LogP contribution is -2.63. The Morgan fingerprint density at radius 1 is 1.16 bits per heavy atom. The highest BCUT2D eigenvalue weighted by molar-refractivity contribution is 8.00. The Kier molecular flexibility index (Phi) is 9.12. The number of rotatable bonds is 9. The average molecular weight is 645 g/mol. The summed E-state index contributed by atoms with van der Waals surface area (Å²) in [6.07, 6.45) is 5.47. The molecule has 1 aromatic rings. The third-order valence-electron chi connectivity index (χ3n) is 12.3. The Labute approximate surface area is 269 Å². The molecule has 248 valence electrons. The number of carboxylic acid groups (broad SMARTS) is 1. The lowest BCUT2D eigenvalue weighted by atomic mass is 9.44. The van der Waals surface area contributed by atoms with Gasteiger partial charge in [-0.25, -0.2) is 0 Å². The second-order valence-corrected chi connectivity index (χ2v) is 16.0. The maximum atomic E-state index is 13.6. The van der Waals surface area contributed by atoms with E-state index in [1.54, 1.807) is 6.08 Å². The molecule has 3 aliphatic carbocycles. The number of aliphatic hydroxyl groups excluding tert-OH is 1. The molecular formula is C34H48N2O8S. The number of aliphatic carboxylic acids is 1. The number of nitrogens with zero attached hydrogens (tertiary/aromatic N) is 2. The van der Waals surface area contributed by atoms with Crippen molar-refractivity contribution in [3.63, 3.8) is 0 Å². The van der Waals surface area contributed by atoms with Gasteiger partial charge in [0.1, 0.15) is 29.8 Å². The van der Waals surface area contributed by atoms with Crippen molar-refractivity contribution in [2.75, 3.05) is 42.2 Å². The molecule has 3 saturated carbocycles. The summed E-state index contributed by atoms with van der Waals surface area (Å²) in [5, 5.41) is 20.9. The normalized spacial score (nSPS) is 38.3. The molecule has 2 N–H and O–H groups in total. The second kappa shape index (κ2) is 12.2. The van der Waals surface area contributed by atoms with E-state index in [1.807, 2.05) is 11.8 Å². The van der Waals surface area contributed by atoms with Gasteiger partial charge in [0, 0.05) is 48.6 Å². The van der Waals surface area contributed by atoms with Crippen LogP contribution >= 0.6 is 11.8 Å². The van der Waals surface area contributed by atoms with Crippen molar-refractivity contribution in [2.45, 2.75) is 90.1 Å². The van der Waals surface area contributed by atoms with Crippen LogP contribution in [0, 0.1) is 34.0 Å². The second-order valence-electron chi connectivity index (χ2n) is 14.7. The fraction of sp³-hybridized carbons (Fsp3) is 0.735. The minimum Gasteiger partial charge on any atom is -0.480 e. The van der Waals surface area contributed by atoms with Crippen LogP contribution in [0.3, 0.4) is 0 Å². The average Bonchev–Trinajstić information content (AvgIpc) is 3.36. The van der Waals surface area contributed by atoms with Crippen LogP contribution in [0.1, 0.15) is 72.6 Å². The molecule has 4 fully saturated rings. The number of thioether (sulfide) groups is 1. The maximum Gasteiger partial charge on any atom is 0.323 e. The van der Waals surface area contributed by atoms with Crippen molar-refractivity contribution in [2.24, 2.45) is 34.0 Å². The van der Waals surface area contributed by atoms with Crippen LogP contribution in [0.5, 0.6) is 0 Å². The number of carbonyl (C=O) groups excluding carboxylic acids is 2. The number of ketones is 1. The highest BCUT2D eigenvalue weighted by atomic mass is 32.2. The Bertz CT molecular complexity index is 1440. The predicted molar refractivity (Wildman–Crippen MR) is 175 cm³/mol. The van der Waals surface area contributed by atoms with Crippen molar-refractivity contribution in [3.05, 3.63) is 33.1 Å². The van der Waals surface area contributed by atoms with Crippen LogP contribution in [-0.2, 0) is 19.1 Å². The van der Waals surface area contributed by atoms with Gasteiger partial charge in [-0.2, -0.15) is 0 Å². The number of carbonyl (C=O) groups is 3. The van der Waals surface area contributed by atoms with Crippen LogP contribution in [0.15, 0.2) is 22.2 Å². The number of hydrogen-bond acceptors (Lipinski definition) is 10. The van der Waals surface area contributed by atoms with Gasteiger partial charge in [-0.3, -0.25) is 24.0 Å². The number of esters is 1. The van der Waals surface area contributed by atoms with Crippen LogP contribution < -0.4 is 20.7 Å². The standard InChI is InChI=1S/C34H48N2O8S/c1-7-32(4)15-23(33(5)19(2)10-12-34(20(3)31(32)43)13-11-22(37)30(33)34)44-25(40)18-45-21-9-8-14-36(16-21)27-26(28(41)29(27)42)35(6)17-24(38)39/h7,19-21,23,30-31,43H,1,8-18H2,2-6H3,(H,38,39)/t19-,20+,21?,23-,30+,31+,32-,33+,34+/m1/s1. The molecule has 1 aromatic carbocycles. The third-order valence-corrected chi connectivity index (χ3v) is 13.6. The first-order valence-electron chi connectivity index (χ1n) is 16.3. The zero-order valence-electron chi connectivity index (χ0n) is 27.2. The summed E-state index contributed by atoms with van der Waals surface area (Å²) in [4.78, 5) is 66.4. The first kappa shape index (κ1) is 33.7. The molecule has 2 bridgehead atoms. The zero-order chi connectivity index (χ0) is 33.1. The highest BCUT2D eigenvalue weighted by Gasteiger charge is 2.68. The van der Waals surface area contributed by atoms with E-state index in [9.17, 15) is 29.1 Å². The lowest BCUT2D eigenvalue weighted by molar-refractivity contribution is -0.205. The van der Waals surface area contributed by atoms with Crippen LogP contribution in [-0.4, -0.2) is 77.8 Å². The topological polar surface area (TPSA) is 142 Å². The first-order chi connectivity index (χ1) is 21.1. The summed E-state index contributed by atoms with van der Waals surface area (Å²) in [7, 11) is 1.49. The van der Waals surface area contributed by atoms with Crippen molar-refractivity contribution in [1.29, 1.82) is 0 Å². The van der Waals surface area contributed by atoms with Gasteiger partial charge in [-0.05, 0) is 55.8 Å². The van der Waals surface area contributed by atoms with E-state index in [0.717, 1.165) is 32.1 Å². The van der Waals surface area contributed by atoms with Gasteiger partial charge in [-0.15, -0.1) is 18.3 Å². The number of Topliss-reactive ketones (excluding diaryl/α,β-unsaturated/α-hetero) is 1. The largest absolute Gasteiger partial charge is 0.480 e. The predicted octanol–water partition coefficient (Wildman–Crippen LogP) is 3.41. The molecule has 5 rings (SSSR count). The number of hydrogen-bond donors (Lipinski definition) is 2. The summed E-state index contributed by atoms with van der Waals surface area (Å²) >= 11 is 1.45. The Morgan fingerprint density at radius 3 is 2.53 bits per heavy atom. The molecule has 1 aliphatic heterocycles. The summed E-state index contributed by atoms with van der Waals surface area (Å²) in [5.41, 5.74) is -2.50. The summed E-state index contributed by atoms with van der Waals surface area (Å²) in [6.45, 7) is 13.1. The van der Waals surface area contributed by atoms with Crippen LogP contribution in [0.4, 0.5) is 11.4 Å². The number of likely N-dealkylation sites (N-methyl/N-ethyl adjacent to an activating group) is 1. The Balaban J connectivity index is 1.32. The van der Waals surface area contributed by atoms with E-state index < -0.39 is 39.9 Å². The number of anilines is 2. The number of aliphatic hydroxyl groups is 1. The quantitative estimate of drug-likeness (QED) is 0.232. The van der Waals surface area contributed by atoms with Crippen LogP contribution in [0.25, 0.3) is 0 Å². The molecule has 4 aliphatic rings. The van der Waals surface area contributed by atoms with Crippen molar-refractivity contribution < 1.29 is 29.3 Å². The van der Waals surface area contributed by atoms with E-state index >= 15 is 0 Å². The molecule has 9 atom stereocenters. The molecule has 0 radical (unpaired) electrons. The molecule has 0 spiro atoms. The highest BCUT2D eigenvalue weighted by Crippen LogP contribution is 2.68. The third kappa shape index (κ3) is 5.45. The van der Waals surface area contributed by atoms with E-state index in [4.69, 9.17) is 9.84 Å². The molecule has 1 unspecified atom stereocenters. The van der Waals surface area contributed by atoms with E-state index in [-0.39, 0.29) is 63.8 Å². The molecule has 0 amide bonds. The summed E-state index contributed by atoms with van der Waals surface area (Å²) in [5.74, 6) is -1.39. The van der Waals surface area contributed by atoms with Crippen LogP contribution in [0.2, 0.25) is 0 Å². The van der Waals surface area contributed by atoms with E-state index in [1.165, 1.54) is 23.7 Å². The molecule has 11 heteroatoms. The molecule has 1 heterocycles. The van der Waals surface area contributed by atoms with Gasteiger partial charge in [0.15, 0.2) is 0 Å².